The number of anilines is 2. The molecular formula is C23H16F3N3O4. The second-order valence-corrected chi connectivity index (χ2v) is 7.08. The standard InChI is InChI=1S/C23H16F3N3O4/c24-23(25,26)15-6-4-8-17(12-15)28-21(31)14-5-3-7-16(11-14)27-20(30)13-29-18-9-1-2-10-19(18)33-22(29)32/h1-12H,13H2,(H,27,30)(H,28,31). The third-order valence-corrected chi connectivity index (χ3v) is 4.73. The van der Waals surface area contributed by atoms with E-state index in [0.717, 1.165) is 12.1 Å². The van der Waals surface area contributed by atoms with Gasteiger partial charge < -0.3 is 15.1 Å². The summed E-state index contributed by atoms with van der Waals surface area (Å²) in [6.45, 7) is -0.309. The molecule has 10 heteroatoms. The van der Waals surface area contributed by atoms with Crippen molar-refractivity contribution in [1.29, 1.82) is 0 Å². The Morgan fingerprint density at radius 3 is 2.33 bits per heavy atom. The summed E-state index contributed by atoms with van der Waals surface area (Å²) in [7, 11) is 0. The maximum atomic E-state index is 12.9. The smallest absolute Gasteiger partial charge is 0.408 e. The number of rotatable bonds is 5. The topological polar surface area (TPSA) is 93.3 Å². The number of aromatic nitrogens is 1. The van der Waals surface area contributed by atoms with E-state index in [1.807, 2.05) is 0 Å². The van der Waals surface area contributed by atoms with Crippen molar-refractivity contribution in [1.82, 2.24) is 4.57 Å². The molecule has 0 saturated heterocycles. The number of para-hydroxylation sites is 2. The molecule has 1 aromatic heterocycles. The molecule has 2 amide bonds. The van der Waals surface area contributed by atoms with Crippen LogP contribution in [-0.4, -0.2) is 16.4 Å². The second kappa shape index (κ2) is 8.65. The van der Waals surface area contributed by atoms with Crippen LogP contribution in [0.25, 0.3) is 11.1 Å². The maximum Gasteiger partial charge on any atom is 0.420 e. The van der Waals surface area contributed by atoms with Crippen molar-refractivity contribution in [3.63, 3.8) is 0 Å². The maximum absolute atomic E-state index is 12.9. The lowest BCUT2D eigenvalue weighted by Crippen LogP contribution is -2.25. The Labute approximate surface area is 184 Å². The number of hydrogen-bond donors (Lipinski definition) is 2. The van der Waals surface area contributed by atoms with Gasteiger partial charge in [-0.3, -0.25) is 14.2 Å². The summed E-state index contributed by atoms with van der Waals surface area (Å²) in [6.07, 6.45) is -4.53. The Hall–Kier alpha value is -4.34. The summed E-state index contributed by atoms with van der Waals surface area (Å²) < 4.78 is 44.9. The molecule has 1 heterocycles. The van der Waals surface area contributed by atoms with E-state index in [2.05, 4.69) is 10.6 Å². The van der Waals surface area contributed by atoms with Crippen LogP contribution in [0.5, 0.6) is 0 Å². The molecular weight excluding hydrogens is 439 g/mol. The minimum absolute atomic E-state index is 0.0181. The Morgan fingerprint density at radius 1 is 0.879 bits per heavy atom. The van der Waals surface area contributed by atoms with Crippen LogP contribution in [0.1, 0.15) is 15.9 Å². The third kappa shape index (κ3) is 4.95. The quantitative estimate of drug-likeness (QED) is 0.463. The SMILES string of the molecule is O=C(Cn1c(=O)oc2ccccc21)Nc1cccc(C(=O)Nc2cccc(C(F)(F)F)c2)c1. The van der Waals surface area contributed by atoms with E-state index in [1.54, 1.807) is 24.3 Å². The fraction of sp³-hybridized carbons (Fsp3) is 0.0870. The minimum atomic E-state index is -4.53. The van der Waals surface area contributed by atoms with Crippen molar-refractivity contribution < 1.29 is 27.2 Å². The summed E-state index contributed by atoms with van der Waals surface area (Å²) in [4.78, 5) is 37.0. The van der Waals surface area contributed by atoms with Gasteiger partial charge in [-0.2, -0.15) is 13.2 Å². The fourth-order valence-electron chi connectivity index (χ4n) is 3.22. The molecule has 33 heavy (non-hydrogen) atoms. The van der Waals surface area contributed by atoms with Crippen molar-refractivity contribution in [3.8, 4) is 0 Å². The van der Waals surface area contributed by atoms with Crippen molar-refractivity contribution in [2.24, 2.45) is 0 Å². The van der Waals surface area contributed by atoms with Gasteiger partial charge in [0.25, 0.3) is 5.91 Å². The first-order chi connectivity index (χ1) is 15.7. The molecule has 4 rings (SSSR count). The number of hydrogen-bond acceptors (Lipinski definition) is 4. The first kappa shape index (κ1) is 21.9. The number of amides is 2. The molecule has 2 N–H and O–H groups in total. The lowest BCUT2D eigenvalue weighted by atomic mass is 10.1. The van der Waals surface area contributed by atoms with Crippen LogP contribution >= 0.6 is 0 Å². The van der Waals surface area contributed by atoms with Crippen molar-refractivity contribution in [2.75, 3.05) is 10.6 Å². The number of alkyl halides is 3. The van der Waals surface area contributed by atoms with Gasteiger partial charge in [0.2, 0.25) is 5.91 Å². The molecule has 168 valence electrons. The Morgan fingerprint density at radius 2 is 1.58 bits per heavy atom. The van der Waals surface area contributed by atoms with E-state index in [4.69, 9.17) is 4.42 Å². The zero-order valence-corrected chi connectivity index (χ0v) is 16.8. The van der Waals surface area contributed by atoms with Gasteiger partial charge >= 0.3 is 11.9 Å². The van der Waals surface area contributed by atoms with E-state index in [0.29, 0.717) is 11.1 Å². The Kier molecular flexibility index (Phi) is 5.74. The van der Waals surface area contributed by atoms with Crippen LogP contribution in [0.3, 0.4) is 0 Å². The Balaban J connectivity index is 1.46. The molecule has 0 aliphatic heterocycles. The summed E-state index contributed by atoms with van der Waals surface area (Å²) in [5.74, 6) is -1.86. The van der Waals surface area contributed by atoms with Gasteiger partial charge in [0, 0.05) is 16.9 Å². The third-order valence-electron chi connectivity index (χ3n) is 4.73. The lowest BCUT2D eigenvalue weighted by molar-refractivity contribution is -0.137. The van der Waals surface area contributed by atoms with Gasteiger partial charge in [0.1, 0.15) is 6.54 Å². The van der Waals surface area contributed by atoms with Gasteiger partial charge in [-0.25, -0.2) is 4.79 Å². The number of halogens is 3. The summed E-state index contributed by atoms with van der Waals surface area (Å²) in [5.41, 5.74) is 0.308. The number of benzene rings is 3. The number of nitrogens with one attached hydrogen (secondary N) is 2. The molecule has 0 aliphatic carbocycles. The second-order valence-electron chi connectivity index (χ2n) is 7.08. The highest BCUT2D eigenvalue weighted by Crippen LogP contribution is 2.30. The number of carbonyl (C=O) groups is 2. The first-order valence-corrected chi connectivity index (χ1v) is 9.67. The number of oxazole rings is 1. The van der Waals surface area contributed by atoms with E-state index in [1.165, 1.54) is 41.0 Å². The molecule has 0 aliphatic rings. The lowest BCUT2D eigenvalue weighted by Gasteiger charge is -2.11. The van der Waals surface area contributed by atoms with Crippen LogP contribution in [-0.2, 0) is 17.5 Å². The van der Waals surface area contributed by atoms with E-state index >= 15 is 0 Å². The van der Waals surface area contributed by atoms with Crippen molar-refractivity contribution >= 4 is 34.3 Å². The number of nitrogens with zero attached hydrogens (tertiary/aromatic N) is 1. The van der Waals surface area contributed by atoms with Gasteiger partial charge in [0.05, 0.1) is 11.1 Å². The van der Waals surface area contributed by atoms with Gasteiger partial charge in [-0.05, 0) is 48.5 Å². The fourth-order valence-corrected chi connectivity index (χ4v) is 3.22. The molecule has 4 aromatic rings. The minimum Gasteiger partial charge on any atom is -0.408 e. The zero-order chi connectivity index (χ0) is 23.6. The monoisotopic (exact) mass is 455 g/mol. The molecule has 0 spiro atoms. The van der Waals surface area contributed by atoms with Crippen molar-refractivity contribution in [3.05, 3.63) is 94.5 Å². The summed E-state index contributed by atoms with van der Waals surface area (Å²) >= 11 is 0. The largest absolute Gasteiger partial charge is 0.420 e. The van der Waals surface area contributed by atoms with Gasteiger partial charge in [0.15, 0.2) is 5.58 Å². The highest BCUT2D eigenvalue weighted by Gasteiger charge is 2.30. The van der Waals surface area contributed by atoms with Crippen LogP contribution in [0.4, 0.5) is 24.5 Å². The van der Waals surface area contributed by atoms with E-state index in [-0.39, 0.29) is 23.5 Å². The molecule has 0 atom stereocenters. The van der Waals surface area contributed by atoms with Gasteiger partial charge in [-0.15, -0.1) is 0 Å². The Bertz CT molecular complexity index is 1410. The average molecular weight is 455 g/mol. The van der Waals surface area contributed by atoms with Gasteiger partial charge in [-0.1, -0.05) is 24.3 Å². The normalized spacial score (nSPS) is 11.4. The molecule has 0 saturated carbocycles. The first-order valence-electron chi connectivity index (χ1n) is 9.67. The average Bonchev–Trinajstić information content (AvgIpc) is 3.08. The van der Waals surface area contributed by atoms with E-state index in [9.17, 15) is 27.6 Å². The molecule has 0 unspecified atom stereocenters. The van der Waals surface area contributed by atoms with Crippen LogP contribution in [0, 0.1) is 0 Å². The number of carbonyl (C=O) groups excluding carboxylic acids is 2. The number of fused-ring (bicyclic) bond motifs is 1. The molecule has 7 nitrogen and oxygen atoms in total. The van der Waals surface area contributed by atoms with Crippen LogP contribution in [0.15, 0.2) is 82.0 Å². The van der Waals surface area contributed by atoms with E-state index < -0.39 is 29.3 Å². The highest BCUT2D eigenvalue weighted by atomic mass is 19.4. The zero-order valence-electron chi connectivity index (χ0n) is 16.8. The summed E-state index contributed by atoms with van der Waals surface area (Å²) in [5, 5.41) is 5.00. The predicted molar refractivity (Wildman–Crippen MR) is 115 cm³/mol. The van der Waals surface area contributed by atoms with Crippen LogP contribution < -0.4 is 16.4 Å². The van der Waals surface area contributed by atoms with Crippen molar-refractivity contribution in [2.45, 2.75) is 12.7 Å². The predicted octanol–water partition coefficient (Wildman–Crippen LogP) is 4.50. The molecule has 0 radical (unpaired) electrons. The molecule has 3 aromatic carbocycles. The molecule has 0 bridgehead atoms. The molecule has 0 fully saturated rings. The highest BCUT2D eigenvalue weighted by molar-refractivity contribution is 6.05. The van der Waals surface area contributed by atoms with Crippen LogP contribution in [0.2, 0.25) is 0 Å². The summed E-state index contributed by atoms with van der Waals surface area (Å²) in [6, 6.07) is 16.8.